The summed E-state index contributed by atoms with van der Waals surface area (Å²) >= 11 is 0. The van der Waals surface area contributed by atoms with E-state index in [1.807, 2.05) is 0 Å². The van der Waals surface area contributed by atoms with Crippen LogP contribution in [0.1, 0.15) is 45.4 Å². The molecular weight excluding hydrogens is 148 g/mol. The van der Waals surface area contributed by atoms with E-state index in [-0.39, 0.29) is 5.41 Å². The highest BCUT2D eigenvalue weighted by molar-refractivity contribution is 5.64. The molecule has 0 spiro atoms. The maximum atomic E-state index is 10.9. The van der Waals surface area contributed by atoms with E-state index >= 15 is 0 Å². The second-order valence-corrected chi connectivity index (χ2v) is 4.82. The Morgan fingerprint density at radius 3 is 2.58 bits per heavy atom. The fourth-order valence-electron chi connectivity index (χ4n) is 2.72. The molecule has 2 atom stereocenters. The van der Waals surface area contributed by atoms with Crippen molar-refractivity contribution in [3.8, 4) is 0 Å². The number of aldehydes is 1. The first kappa shape index (κ1) is 8.28. The van der Waals surface area contributed by atoms with E-state index in [1.165, 1.54) is 44.8 Å². The van der Waals surface area contributed by atoms with Crippen molar-refractivity contribution in [1.29, 1.82) is 0 Å². The molecule has 0 amide bonds. The highest BCUT2D eigenvalue weighted by Crippen LogP contribution is 2.55. The molecule has 2 rings (SSSR count). The van der Waals surface area contributed by atoms with Crippen molar-refractivity contribution >= 4 is 6.29 Å². The van der Waals surface area contributed by atoms with E-state index in [0.717, 1.165) is 11.8 Å². The Labute approximate surface area is 74.5 Å². The zero-order valence-electron chi connectivity index (χ0n) is 7.88. The molecule has 0 heterocycles. The Bertz CT molecular complexity index is 181. The van der Waals surface area contributed by atoms with E-state index < -0.39 is 0 Å². The van der Waals surface area contributed by atoms with Crippen LogP contribution in [0.25, 0.3) is 0 Å². The lowest BCUT2D eigenvalue weighted by Crippen LogP contribution is -2.23. The van der Waals surface area contributed by atoms with Crippen LogP contribution in [0.3, 0.4) is 0 Å². The van der Waals surface area contributed by atoms with Crippen LogP contribution in [0.15, 0.2) is 0 Å². The molecule has 1 heteroatoms. The van der Waals surface area contributed by atoms with Crippen molar-refractivity contribution in [1.82, 2.24) is 0 Å². The van der Waals surface area contributed by atoms with Gasteiger partial charge in [-0.25, -0.2) is 0 Å². The summed E-state index contributed by atoms with van der Waals surface area (Å²) in [7, 11) is 0. The maximum Gasteiger partial charge on any atom is 0.126 e. The van der Waals surface area contributed by atoms with Crippen LogP contribution in [0, 0.1) is 17.3 Å². The molecule has 0 aromatic heterocycles. The van der Waals surface area contributed by atoms with Gasteiger partial charge in [-0.05, 0) is 37.5 Å². The number of carbonyl (C=O) groups is 1. The van der Waals surface area contributed by atoms with Crippen LogP contribution < -0.4 is 0 Å². The maximum absolute atomic E-state index is 10.9. The highest BCUT2D eigenvalue weighted by Gasteiger charge is 2.49. The van der Waals surface area contributed by atoms with Crippen molar-refractivity contribution in [3.05, 3.63) is 0 Å². The predicted molar refractivity (Wildman–Crippen MR) is 48.9 cm³/mol. The molecule has 1 nitrogen and oxygen atoms in total. The van der Waals surface area contributed by atoms with Gasteiger partial charge in [0, 0.05) is 5.41 Å². The monoisotopic (exact) mass is 166 g/mol. The van der Waals surface area contributed by atoms with Crippen LogP contribution in [0.2, 0.25) is 0 Å². The van der Waals surface area contributed by atoms with Gasteiger partial charge in [-0.15, -0.1) is 0 Å². The van der Waals surface area contributed by atoms with E-state index in [0.29, 0.717) is 0 Å². The first-order valence-corrected chi connectivity index (χ1v) is 5.23. The van der Waals surface area contributed by atoms with Crippen molar-refractivity contribution in [2.45, 2.75) is 45.4 Å². The van der Waals surface area contributed by atoms with E-state index in [4.69, 9.17) is 0 Å². The Hall–Kier alpha value is -0.330. The minimum atomic E-state index is 0.161. The number of hydrogen-bond donors (Lipinski definition) is 0. The van der Waals surface area contributed by atoms with Gasteiger partial charge >= 0.3 is 0 Å². The third kappa shape index (κ3) is 1.30. The zero-order valence-corrected chi connectivity index (χ0v) is 7.88. The lowest BCUT2D eigenvalue weighted by Gasteiger charge is -2.30. The summed E-state index contributed by atoms with van der Waals surface area (Å²) in [5.41, 5.74) is 0.161. The Morgan fingerprint density at radius 1 is 1.33 bits per heavy atom. The van der Waals surface area contributed by atoms with Crippen molar-refractivity contribution in [2.24, 2.45) is 17.3 Å². The Balaban J connectivity index is 1.99. The lowest BCUT2D eigenvalue weighted by molar-refractivity contribution is -0.114. The normalized spacial score (nSPS) is 39.1. The molecular formula is C11H18O. The van der Waals surface area contributed by atoms with Crippen molar-refractivity contribution in [3.63, 3.8) is 0 Å². The quantitative estimate of drug-likeness (QED) is 0.576. The average molecular weight is 166 g/mol. The molecule has 2 unspecified atom stereocenters. The molecule has 0 bridgehead atoms. The summed E-state index contributed by atoms with van der Waals surface area (Å²) in [6.07, 6.45) is 8.94. The first-order valence-electron chi connectivity index (χ1n) is 5.23. The fourth-order valence-corrected chi connectivity index (χ4v) is 2.72. The second-order valence-electron chi connectivity index (χ2n) is 4.82. The molecule has 0 radical (unpaired) electrons. The van der Waals surface area contributed by atoms with Gasteiger partial charge in [0.25, 0.3) is 0 Å². The van der Waals surface area contributed by atoms with Gasteiger partial charge in [0.1, 0.15) is 6.29 Å². The molecule has 12 heavy (non-hydrogen) atoms. The second kappa shape index (κ2) is 2.86. The highest BCUT2D eigenvalue weighted by atomic mass is 16.1. The van der Waals surface area contributed by atoms with E-state index in [9.17, 15) is 4.79 Å². The fraction of sp³-hybridized carbons (Fsp3) is 0.909. The summed E-state index contributed by atoms with van der Waals surface area (Å²) < 4.78 is 0. The molecule has 0 saturated heterocycles. The van der Waals surface area contributed by atoms with E-state index in [2.05, 4.69) is 6.92 Å². The van der Waals surface area contributed by atoms with Gasteiger partial charge in [-0.2, -0.15) is 0 Å². The van der Waals surface area contributed by atoms with Crippen LogP contribution >= 0.6 is 0 Å². The number of rotatable bonds is 2. The molecule has 2 aliphatic carbocycles. The van der Waals surface area contributed by atoms with Crippen LogP contribution in [-0.4, -0.2) is 6.29 Å². The number of hydrogen-bond acceptors (Lipinski definition) is 1. The summed E-state index contributed by atoms with van der Waals surface area (Å²) in [4.78, 5) is 10.9. The third-order valence-corrected chi connectivity index (χ3v) is 3.81. The molecule has 0 aliphatic heterocycles. The molecule has 0 aromatic carbocycles. The predicted octanol–water partition coefficient (Wildman–Crippen LogP) is 2.79. The van der Waals surface area contributed by atoms with Crippen LogP contribution in [0.4, 0.5) is 0 Å². The minimum Gasteiger partial charge on any atom is -0.303 e. The van der Waals surface area contributed by atoms with Gasteiger partial charge in [0.05, 0.1) is 0 Å². The van der Waals surface area contributed by atoms with Gasteiger partial charge in [-0.1, -0.05) is 19.8 Å². The van der Waals surface area contributed by atoms with Gasteiger partial charge in [0.2, 0.25) is 0 Å². The molecule has 0 aromatic rings. The molecule has 2 fully saturated rings. The van der Waals surface area contributed by atoms with Crippen LogP contribution in [0.5, 0.6) is 0 Å². The molecule has 0 N–H and O–H groups in total. The van der Waals surface area contributed by atoms with E-state index in [1.54, 1.807) is 0 Å². The number of carbonyl (C=O) groups excluding carboxylic acids is 1. The standard InChI is InChI=1S/C11H18O/c1-9-3-2-4-10(7-9)11(8-12)5-6-11/h8-10H,2-7H2,1H3. The van der Waals surface area contributed by atoms with Crippen molar-refractivity contribution < 1.29 is 4.79 Å². The zero-order chi connectivity index (χ0) is 8.60. The minimum absolute atomic E-state index is 0.161. The first-order chi connectivity index (χ1) is 5.77. The Morgan fingerprint density at radius 2 is 2.08 bits per heavy atom. The van der Waals surface area contributed by atoms with Gasteiger partial charge in [-0.3, -0.25) is 0 Å². The third-order valence-electron chi connectivity index (χ3n) is 3.81. The van der Waals surface area contributed by atoms with Gasteiger partial charge < -0.3 is 4.79 Å². The lowest BCUT2D eigenvalue weighted by atomic mass is 9.74. The molecule has 2 saturated carbocycles. The summed E-state index contributed by atoms with van der Waals surface area (Å²) in [5.74, 6) is 1.60. The SMILES string of the molecule is CC1CCCC(C2(C=O)CC2)C1. The van der Waals surface area contributed by atoms with Crippen LogP contribution in [-0.2, 0) is 4.79 Å². The molecule has 2 aliphatic rings. The Kier molecular flexibility index (Phi) is 1.97. The molecule has 68 valence electrons. The van der Waals surface area contributed by atoms with Crippen molar-refractivity contribution in [2.75, 3.05) is 0 Å². The smallest absolute Gasteiger partial charge is 0.126 e. The summed E-state index contributed by atoms with van der Waals surface area (Å²) in [6, 6.07) is 0. The van der Waals surface area contributed by atoms with Gasteiger partial charge in [0.15, 0.2) is 0 Å². The summed E-state index contributed by atoms with van der Waals surface area (Å²) in [6.45, 7) is 2.33. The summed E-state index contributed by atoms with van der Waals surface area (Å²) in [5, 5.41) is 0. The average Bonchev–Trinajstić information content (AvgIpc) is 2.84. The topological polar surface area (TPSA) is 17.1 Å². The largest absolute Gasteiger partial charge is 0.303 e.